The summed E-state index contributed by atoms with van der Waals surface area (Å²) in [6.07, 6.45) is 2.51. The minimum Gasteiger partial charge on any atom is -0.272 e. The van der Waals surface area contributed by atoms with Gasteiger partial charge < -0.3 is 0 Å². The van der Waals surface area contributed by atoms with Gasteiger partial charge >= 0.3 is 0 Å². The van der Waals surface area contributed by atoms with E-state index in [1.807, 2.05) is 25.1 Å². The Hall–Kier alpha value is -0.840. The molecule has 1 aliphatic heterocycles. The molecule has 5 heteroatoms. The molecule has 2 rings (SSSR count). The van der Waals surface area contributed by atoms with E-state index in [4.69, 9.17) is 0 Å². The largest absolute Gasteiger partial charge is 0.272 e. The summed E-state index contributed by atoms with van der Waals surface area (Å²) in [5, 5.41) is 1.35. The van der Waals surface area contributed by atoms with E-state index in [1.54, 1.807) is 12.1 Å². The molecule has 1 saturated heterocycles. The first-order valence-electron chi connectivity index (χ1n) is 5.93. The van der Waals surface area contributed by atoms with Crippen LogP contribution in [0.2, 0.25) is 0 Å². The Balaban J connectivity index is 0.00000162. The molecular weight excluding hydrogens is 239 g/mol. The van der Waals surface area contributed by atoms with E-state index >= 15 is 0 Å². The number of hydrazine groups is 1. The van der Waals surface area contributed by atoms with Gasteiger partial charge in [0.25, 0.3) is 11.8 Å². The minimum absolute atomic E-state index is 0. The van der Waals surface area contributed by atoms with Gasteiger partial charge in [0.05, 0.1) is 5.69 Å². The number of rotatable bonds is 4. The summed E-state index contributed by atoms with van der Waals surface area (Å²) in [6, 6.07) is 9.17. The van der Waals surface area contributed by atoms with Crippen molar-refractivity contribution in [1.82, 2.24) is 5.43 Å². The van der Waals surface area contributed by atoms with Crippen LogP contribution in [0.15, 0.2) is 30.3 Å². The number of para-hydroxylation sites is 1. The van der Waals surface area contributed by atoms with E-state index in [9.17, 15) is 9.59 Å². The van der Waals surface area contributed by atoms with Crippen LogP contribution >= 0.6 is 0 Å². The second-order valence-electron chi connectivity index (χ2n) is 4.18. The standard InChI is InChI=1S/C13H16N2O2.Na/c1-2-3-9-11-12(16)14-15(13(11)17)10-7-5-4-6-8-10;/h4-8,11H,2-3,9H2,1H3,(H,14,16);. The van der Waals surface area contributed by atoms with Gasteiger partial charge in [-0.3, -0.25) is 15.0 Å². The van der Waals surface area contributed by atoms with Crippen molar-refractivity contribution < 1.29 is 9.59 Å². The average molecular weight is 255 g/mol. The van der Waals surface area contributed by atoms with E-state index in [2.05, 4.69) is 5.43 Å². The third-order valence-corrected chi connectivity index (χ3v) is 2.92. The summed E-state index contributed by atoms with van der Waals surface area (Å²) in [4.78, 5) is 23.8. The molecule has 18 heavy (non-hydrogen) atoms. The van der Waals surface area contributed by atoms with Gasteiger partial charge in [-0.15, -0.1) is 0 Å². The van der Waals surface area contributed by atoms with Gasteiger partial charge in [-0.1, -0.05) is 38.0 Å². The Kier molecular flexibility index (Phi) is 5.85. The first kappa shape index (κ1) is 15.2. The van der Waals surface area contributed by atoms with Gasteiger partial charge in [0.15, 0.2) is 0 Å². The molecule has 0 aliphatic carbocycles. The molecule has 1 aromatic carbocycles. The molecule has 1 heterocycles. The summed E-state index contributed by atoms with van der Waals surface area (Å²) in [6.45, 7) is 2.05. The van der Waals surface area contributed by atoms with Crippen molar-refractivity contribution in [2.75, 3.05) is 5.01 Å². The van der Waals surface area contributed by atoms with Gasteiger partial charge in [0.1, 0.15) is 5.92 Å². The first-order valence-corrected chi connectivity index (χ1v) is 5.93. The van der Waals surface area contributed by atoms with E-state index < -0.39 is 5.92 Å². The van der Waals surface area contributed by atoms with Crippen molar-refractivity contribution >= 4 is 47.1 Å². The molecule has 1 aromatic rings. The van der Waals surface area contributed by atoms with Crippen molar-refractivity contribution in [1.29, 1.82) is 0 Å². The number of hydrogen-bond donors (Lipinski definition) is 1. The third-order valence-electron chi connectivity index (χ3n) is 2.92. The molecule has 0 bridgehead atoms. The van der Waals surface area contributed by atoms with Crippen LogP contribution < -0.4 is 10.4 Å². The Morgan fingerprint density at radius 3 is 2.50 bits per heavy atom. The SMILES string of the molecule is CCCCC1C(=O)NN(c2ccccc2)C1=O.[Na]. The number of anilines is 1. The zero-order chi connectivity index (χ0) is 12.3. The van der Waals surface area contributed by atoms with E-state index in [0.29, 0.717) is 12.1 Å². The van der Waals surface area contributed by atoms with Crippen LogP contribution in [-0.4, -0.2) is 41.4 Å². The number of nitrogens with zero attached hydrogens (tertiary/aromatic N) is 1. The van der Waals surface area contributed by atoms with Gasteiger partial charge in [-0.25, -0.2) is 5.01 Å². The molecule has 1 unspecified atom stereocenters. The van der Waals surface area contributed by atoms with Gasteiger partial charge in [-0.2, -0.15) is 0 Å². The quantitative estimate of drug-likeness (QED) is 0.654. The summed E-state index contributed by atoms with van der Waals surface area (Å²) < 4.78 is 0. The molecule has 1 radical (unpaired) electrons. The Bertz CT molecular complexity index is 422. The maximum Gasteiger partial charge on any atom is 0.258 e. The fourth-order valence-electron chi connectivity index (χ4n) is 1.94. The van der Waals surface area contributed by atoms with Crippen molar-refractivity contribution in [3.05, 3.63) is 30.3 Å². The Morgan fingerprint density at radius 1 is 1.22 bits per heavy atom. The molecule has 0 spiro atoms. The second kappa shape index (κ2) is 6.92. The fourth-order valence-corrected chi connectivity index (χ4v) is 1.94. The molecule has 91 valence electrons. The van der Waals surface area contributed by atoms with Gasteiger partial charge in [-0.05, 0) is 18.6 Å². The van der Waals surface area contributed by atoms with Crippen molar-refractivity contribution in [2.24, 2.45) is 5.92 Å². The van der Waals surface area contributed by atoms with E-state index in [0.717, 1.165) is 12.8 Å². The van der Waals surface area contributed by atoms with E-state index in [1.165, 1.54) is 5.01 Å². The van der Waals surface area contributed by atoms with Crippen molar-refractivity contribution in [3.8, 4) is 0 Å². The molecule has 1 aliphatic rings. The third kappa shape index (κ3) is 3.13. The number of unbranched alkanes of at least 4 members (excludes halogenated alkanes) is 1. The van der Waals surface area contributed by atoms with Gasteiger partial charge in [0.2, 0.25) is 0 Å². The van der Waals surface area contributed by atoms with Crippen molar-refractivity contribution in [3.63, 3.8) is 0 Å². The molecule has 1 atom stereocenters. The number of benzene rings is 1. The average Bonchev–Trinajstić information content (AvgIpc) is 2.64. The maximum atomic E-state index is 12.1. The fraction of sp³-hybridized carbons (Fsp3) is 0.385. The topological polar surface area (TPSA) is 49.4 Å². The second-order valence-corrected chi connectivity index (χ2v) is 4.18. The monoisotopic (exact) mass is 255 g/mol. The number of amides is 2. The molecule has 1 N–H and O–H groups in total. The predicted molar refractivity (Wildman–Crippen MR) is 70.8 cm³/mol. The molecule has 1 fully saturated rings. The van der Waals surface area contributed by atoms with Crippen LogP contribution in [0.5, 0.6) is 0 Å². The maximum absolute atomic E-state index is 12.1. The van der Waals surface area contributed by atoms with Crippen LogP contribution in [-0.2, 0) is 9.59 Å². The Morgan fingerprint density at radius 2 is 1.89 bits per heavy atom. The normalized spacial score (nSPS) is 18.5. The summed E-state index contributed by atoms with van der Waals surface area (Å²) in [7, 11) is 0. The zero-order valence-electron chi connectivity index (χ0n) is 10.8. The number of carbonyl (C=O) groups is 2. The zero-order valence-corrected chi connectivity index (χ0v) is 12.8. The smallest absolute Gasteiger partial charge is 0.258 e. The summed E-state index contributed by atoms with van der Waals surface area (Å²) in [5.74, 6) is -0.850. The molecule has 4 nitrogen and oxygen atoms in total. The summed E-state index contributed by atoms with van der Waals surface area (Å²) >= 11 is 0. The minimum atomic E-state index is -0.518. The van der Waals surface area contributed by atoms with Crippen LogP contribution in [0.25, 0.3) is 0 Å². The van der Waals surface area contributed by atoms with Crippen LogP contribution in [0.4, 0.5) is 5.69 Å². The number of hydrogen-bond acceptors (Lipinski definition) is 2. The van der Waals surface area contributed by atoms with Crippen LogP contribution in [0.3, 0.4) is 0 Å². The number of carbonyl (C=O) groups excluding carboxylic acids is 2. The predicted octanol–water partition coefficient (Wildman–Crippen LogP) is 1.49. The Labute approximate surface area is 129 Å². The summed E-state index contributed by atoms with van der Waals surface area (Å²) in [5.41, 5.74) is 3.34. The van der Waals surface area contributed by atoms with Gasteiger partial charge in [0, 0.05) is 29.6 Å². The van der Waals surface area contributed by atoms with Crippen molar-refractivity contribution in [2.45, 2.75) is 26.2 Å². The van der Waals surface area contributed by atoms with Crippen LogP contribution in [0, 0.1) is 5.92 Å². The molecule has 2 amide bonds. The molecular formula is C13H16N2NaO2. The molecule has 0 saturated carbocycles. The number of nitrogens with one attached hydrogen (secondary N) is 1. The first-order chi connectivity index (χ1) is 8.24. The van der Waals surface area contributed by atoms with E-state index in [-0.39, 0.29) is 41.4 Å². The molecule has 0 aromatic heterocycles. The van der Waals surface area contributed by atoms with Crippen LogP contribution in [0.1, 0.15) is 26.2 Å².